The molecule has 1 aliphatic rings. The molecule has 0 radical (unpaired) electrons. The van der Waals surface area contributed by atoms with E-state index >= 15 is 0 Å². The second-order valence-electron chi connectivity index (χ2n) is 4.96. The summed E-state index contributed by atoms with van der Waals surface area (Å²) in [6, 6.07) is 2.41. The molecule has 1 fully saturated rings. The maximum atomic E-state index is 12.7. The van der Waals surface area contributed by atoms with Gasteiger partial charge in [-0.05, 0) is 31.9 Å². The Labute approximate surface area is 123 Å². The lowest BCUT2D eigenvalue weighted by Gasteiger charge is -2.32. The van der Waals surface area contributed by atoms with Gasteiger partial charge in [0.1, 0.15) is 0 Å². The Morgan fingerprint density at radius 3 is 2.62 bits per heavy atom. The SMILES string of the molecule is CCS(=O)(=O)NC1CCN(C(=O)c2ccc(F)nc2)CC1. The first-order chi connectivity index (χ1) is 9.91. The highest BCUT2D eigenvalue weighted by atomic mass is 32.2. The number of hydrogen-bond donors (Lipinski definition) is 1. The van der Waals surface area contributed by atoms with Crippen LogP contribution >= 0.6 is 0 Å². The number of nitrogens with one attached hydrogen (secondary N) is 1. The number of halogens is 1. The smallest absolute Gasteiger partial charge is 0.255 e. The lowest BCUT2D eigenvalue weighted by Crippen LogP contribution is -2.46. The van der Waals surface area contributed by atoms with Crippen LogP contribution in [0.25, 0.3) is 0 Å². The van der Waals surface area contributed by atoms with E-state index in [1.165, 1.54) is 12.3 Å². The third-order valence-corrected chi connectivity index (χ3v) is 4.94. The molecule has 1 aromatic rings. The molecule has 0 bridgehead atoms. The number of pyridine rings is 1. The fourth-order valence-electron chi connectivity index (χ4n) is 2.22. The zero-order chi connectivity index (χ0) is 15.5. The van der Waals surface area contributed by atoms with Crippen molar-refractivity contribution in [1.82, 2.24) is 14.6 Å². The molecule has 0 saturated carbocycles. The summed E-state index contributed by atoms with van der Waals surface area (Å²) in [6.07, 6.45) is 2.35. The minimum Gasteiger partial charge on any atom is -0.338 e. The van der Waals surface area contributed by atoms with Crippen LogP contribution in [-0.2, 0) is 10.0 Å². The Balaban J connectivity index is 1.92. The molecule has 0 spiro atoms. The summed E-state index contributed by atoms with van der Waals surface area (Å²) in [5.41, 5.74) is 0.337. The number of carbonyl (C=O) groups excluding carboxylic acids is 1. The molecular weight excluding hydrogens is 297 g/mol. The Hall–Kier alpha value is -1.54. The van der Waals surface area contributed by atoms with Gasteiger partial charge >= 0.3 is 0 Å². The molecule has 1 aromatic heterocycles. The third kappa shape index (κ3) is 4.21. The van der Waals surface area contributed by atoms with Crippen molar-refractivity contribution in [2.75, 3.05) is 18.8 Å². The fourth-order valence-corrected chi connectivity index (χ4v) is 3.13. The number of carbonyl (C=O) groups is 1. The number of piperidine rings is 1. The van der Waals surface area contributed by atoms with Crippen molar-refractivity contribution >= 4 is 15.9 Å². The molecule has 6 nitrogen and oxygen atoms in total. The van der Waals surface area contributed by atoms with E-state index in [1.54, 1.807) is 11.8 Å². The molecule has 1 N–H and O–H groups in total. The number of likely N-dealkylation sites (tertiary alicyclic amines) is 1. The number of amides is 1. The number of aromatic nitrogens is 1. The van der Waals surface area contributed by atoms with Crippen LogP contribution in [0.3, 0.4) is 0 Å². The molecular formula is C13H18FN3O3S. The zero-order valence-corrected chi connectivity index (χ0v) is 12.6. The van der Waals surface area contributed by atoms with Gasteiger partial charge in [-0.25, -0.2) is 18.1 Å². The maximum Gasteiger partial charge on any atom is 0.255 e. The molecule has 2 heterocycles. The zero-order valence-electron chi connectivity index (χ0n) is 11.8. The summed E-state index contributed by atoms with van der Waals surface area (Å²) >= 11 is 0. The van der Waals surface area contributed by atoms with Gasteiger partial charge < -0.3 is 4.90 Å². The van der Waals surface area contributed by atoms with E-state index in [-0.39, 0.29) is 17.7 Å². The van der Waals surface area contributed by atoms with Gasteiger partial charge in [-0.15, -0.1) is 0 Å². The number of hydrogen-bond acceptors (Lipinski definition) is 4. The summed E-state index contributed by atoms with van der Waals surface area (Å²) in [5, 5.41) is 0. The first-order valence-corrected chi connectivity index (χ1v) is 8.47. The van der Waals surface area contributed by atoms with Gasteiger partial charge in [0, 0.05) is 25.3 Å². The van der Waals surface area contributed by atoms with Gasteiger partial charge in [0.15, 0.2) is 0 Å². The van der Waals surface area contributed by atoms with E-state index in [0.29, 0.717) is 31.5 Å². The maximum absolute atomic E-state index is 12.7. The van der Waals surface area contributed by atoms with Crippen LogP contribution in [0.15, 0.2) is 18.3 Å². The average molecular weight is 315 g/mol. The summed E-state index contributed by atoms with van der Waals surface area (Å²) < 4.78 is 38.4. The topological polar surface area (TPSA) is 79.4 Å². The van der Waals surface area contributed by atoms with E-state index in [4.69, 9.17) is 0 Å². The lowest BCUT2D eigenvalue weighted by atomic mass is 10.1. The third-order valence-electron chi connectivity index (χ3n) is 3.48. The summed E-state index contributed by atoms with van der Waals surface area (Å²) in [5.74, 6) is -0.786. The highest BCUT2D eigenvalue weighted by molar-refractivity contribution is 7.89. The summed E-state index contributed by atoms with van der Waals surface area (Å²) in [6.45, 7) is 2.52. The van der Waals surface area contributed by atoms with Crippen LogP contribution in [-0.4, -0.2) is 49.1 Å². The van der Waals surface area contributed by atoms with Crippen LogP contribution in [0.5, 0.6) is 0 Å². The second kappa shape index (κ2) is 6.48. The molecule has 1 amide bonds. The highest BCUT2D eigenvalue weighted by Gasteiger charge is 2.26. The lowest BCUT2D eigenvalue weighted by molar-refractivity contribution is 0.0711. The molecule has 0 aromatic carbocycles. The van der Waals surface area contributed by atoms with Gasteiger partial charge in [-0.1, -0.05) is 0 Å². The molecule has 1 saturated heterocycles. The van der Waals surface area contributed by atoms with Gasteiger partial charge in [0.2, 0.25) is 16.0 Å². The van der Waals surface area contributed by atoms with Crippen molar-refractivity contribution in [3.05, 3.63) is 29.8 Å². The van der Waals surface area contributed by atoms with Crippen molar-refractivity contribution in [2.24, 2.45) is 0 Å². The van der Waals surface area contributed by atoms with Crippen molar-refractivity contribution in [1.29, 1.82) is 0 Å². The van der Waals surface area contributed by atoms with Crippen molar-refractivity contribution in [2.45, 2.75) is 25.8 Å². The fraction of sp³-hybridized carbons (Fsp3) is 0.538. The Morgan fingerprint density at radius 2 is 2.10 bits per heavy atom. The van der Waals surface area contributed by atoms with Gasteiger partial charge in [0.05, 0.1) is 11.3 Å². The Morgan fingerprint density at radius 1 is 1.43 bits per heavy atom. The molecule has 21 heavy (non-hydrogen) atoms. The second-order valence-corrected chi connectivity index (χ2v) is 7.00. The van der Waals surface area contributed by atoms with Crippen LogP contribution < -0.4 is 4.72 Å². The van der Waals surface area contributed by atoms with Gasteiger partial charge in [-0.2, -0.15) is 4.39 Å². The highest BCUT2D eigenvalue weighted by Crippen LogP contribution is 2.14. The predicted octanol–water partition coefficient (Wildman–Crippen LogP) is 0.765. The van der Waals surface area contributed by atoms with E-state index in [9.17, 15) is 17.6 Å². The quantitative estimate of drug-likeness (QED) is 0.832. The van der Waals surface area contributed by atoms with Crippen molar-refractivity contribution in [3.63, 3.8) is 0 Å². The van der Waals surface area contributed by atoms with Crippen LogP contribution in [0.2, 0.25) is 0 Å². The molecule has 8 heteroatoms. The molecule has 0 unspecified atom stereocenters. The van der Waals surface area contributed by atoms with E-state index in [1.807, 2.05) is 0 Å². The molecule has 0 aliphatic carbocycles. The predicted molar refractivity (Wildman–Crippen MR) is 75.7 cm³/mol. The van der Waals surface area contributed by atoms with Crippen LogP contribution in [0.1, 0.15) is 30.1 Å². The minimum atomic E-state index is -3.22. The minimum absolute atomic E-state index is 0.0490. The Bertz CT molecular complexity index is 596. The first-order valence-electron chi connectivity index (χ1n) is 6.82. The number of nitrogens with zero attached hydrogens (tertiary/aromatic N) is 2. The number of rotatable bonds is 4. The van der Waals surface area contributed by atoms with E-state index in [0.717, 1.165) is 6.07 Å². The summed E-state index contributed by atoms with van der Waals surface area (Å²) in [4.78, 5) is 17.3. The van der Waals surface area contributed by atoms with Gasteiger partial charge in [-0.3, -0.25) is 4.79 Å². The Kier molecular flexibility index (Phi) is 4.89. The number of sulfonamides is 1. The first kappa shape index (κ1) is 15.8. The largest absolute Gasteiger partial charge is 0.338 e. The van der Waals surface area contributed by atoms with Crippen molar-refractivity contribution in [3.8, 4) is 0 Å². The van der Waals surface area contributed by atoms with E-state index in [2.05, 4.69) is 9.71 Å². The summed E-state index contributed by atoms with van der Waals surface area (Å²) in [7, 11) is -3.22. The molecule has 2 rings (SSSR count). The van der Waals surface area contributed by atoms with Crippen LogP contribution in [0.4, 0.5) is 4.39 Å². The van der Waals surface area contributed by atoms with Crippen LogP contribution in [0, 0.1) is 5.95 Å². The monoisotopic (exact) mass is 315 g/mol. The van der Waals surface area contributed by atoms with Crippen molar-refractivity contribution < 1.29 is 17.6 Å². The molecule has 1 aliphatic heterocycles. The standard InChI is InChI=1S/C13H18FN3O3S/c1-2-21(19,20)16-11-5-7-17(8-6-11)13(18)10-3-4-12(14)15-9-10/h3-4,9,11,16H,2,5-8H2,1H3. The normalized spacial score (nSPS) is 17.0. The molecule has 116 valence electrons. The van der Waals surface area contributed by atoms with Gasteiger partial charge in [0.25, 0.3) is 5.91 Å². The van der Waals surface area contributed by atoms with E-state index < -0.39 is 16.0 Å². The molecule has 0 atom stereocenters. The average Bonchev–Trinajstić information content (AvgIpc) is 2.48.